The largest absolute Gasteiger partial charge is 0.356 e. The second-order valence-electron chi connectivity index (χ2n) is 3.35. The fourth-order valence-electron chi connectivity index (χ4n) is 1.61. The third kappa shape index (κ3) is 1.51. The van der Waals surface area contributed by atoms with Gasteiger partial charge >= 0.3 is 0 Å². The Morgan fingerprint density at radius 2 is 2.29 bits per heavy atom. The Balaban J connectivity index is 2.46. The van der Waals surface area contributed by atoms with Gasteiger partial charge in [0.15, 0.2) is 5.58 Å². The first-order chi connectivity index (χ1) is 6.85. The number of hydrogen-bond acceptors (Lipinski definition) is 3. The first-order valence-electron chi connectivity index (χ1n) is 4.92. The van der Waals surface area contributed by atoms with Crippen LogP contribution in [0.3, 0.4) is 0 Å². The van der Waals surface area contributed by atoms with Gasteiger partial charge in [-0.25, -0.2) is 0 Å². The molecule has 1 aromatic heterocycles. The maximum Gasteiger partial charge on any atom is 0.167 e. The average Bonchev–Trinajstić information content (AvgIpc) is 2.60. The minimum Gasteiger partial charge on any atom is -0.356 e. The van der Waals surface area contributed by atoms with E-state index in [1.807, 2.05) is 6.07 Å². The smallest absolute Gasteiger partial charge is 0.167 e. The molecule has 0 saturated carbocycles. The molecule has 0 fully saturated rings. The lowest BCUT2D eigenvalue weighted by Gasteiger charge is -1.97. The maximum atomic E-state index is 5.49. The second kappa shape index (κ2) is 3.80. The summed E-state index contributed by atoms with van der Waals surface area (Å²) in [6, 6.07) is 6.18. The Kier molecular flexibility index (Phi) is 2.50. The third-order valence-corrected chi connectivity index (χ3v) is 2.38. The predicted octanol–water partition coefficient (Wildman–Crippen LogP) is 1.89. The number of fused-ring (bicyclic) bond motifs is 1. The van der Waals surface area contributed by atoms with Crippen LogP contribution in [0, 0.1) is 0 Å². The molecule has 1 aromatic carbocycles. The number of nitrogens with two attached hydrogens (primary N) is 1. The highest BCUT2D eigenvalue weighted by molar-refractivity contribution is 5.80. The number of rotatable bonds is 3. The number of aromatic nitrogens is 1. The maximum absolute atomic E-state index is 5.49. The lowest BCUT2D eigenvalue weighted by Crippen LogP contribution is -2.02. The van der Waals surface area contributed by atoms with Gasteiger partial charge < -0.3 is 10.3 Å². The van der Waals surface area contributed by atoms with Gasteiger partial charge in [-0.2, -0.15) is 0 Å². The van der Waals surface area contributed by atoms with Crippen molar-refractivity contribution in [1.29, 1.82) is 0 Å². The molecule has 74 valence electrons. The summed E-state index contributed by atoms with van der Waals surface area (Å²) in [5.41, 5.74) is 8.59. The molecule has 2 N–H and O–H groups in total. The summed E-state index contributed by atoms with van der Waals surface area (Å²) in [6.45, 7) is 2.74. The molecule has 0 aliphatic heterocycles. The summed E-state index contributed by atoms with van der Waals surface area (Å²) in [6.07, 6.45) is 1.79. The van der Waals surface area contributed by atoms with E-state index in [9.17, 15) is 0 Å². The highest BCUT2D eigenvalue weighted by atomic mass is 16.5. The van der Waals surface area contributed by atoms with Crippen molar-refractivity contribution in [1.82, 2.24) is 5.16 Å². The van der Waals surface area contributed by atoms with E-state index in [0.29, 0.717) is 6.54 Å². The minimum atomic E-state index is 0.667. The molecule has 0 atom stereocenters. The first-order valence-corrected chi connectivity index (χ1v) is 4.92. The van der Waals surface area contributed by atoms with Crippen LogP contribution in [0.1, 0.15) is 18.2 Å². The van der Waals surface area contributed by atoms with E-state index in [0.717, 1.165) is 29.5 Å². The highest BCUT2D eigenvalue weighted by Gasteiger charge is 2.06. The zero-order chi connectivity index (χ0) is 9.97. The average molecular weight is 190 g/mol. The number of hydrogen-bond donors (Lipinski definition) is 1. The van der Waals surface area contributed by atoms with Gasteiger partial charge in [-0.15, -0.1) is 0 Å². The van der Waals surface area contributed by atoms with Gasteiger partial charge in [-0.3, -0.25) is 0 Å². The molecule has 3 heteroatoms. The van der Waals surface area contributed by atoms with Crippen LogP contribution in [0.2, 0.25) is 0 Å². The van der Waals surface area contributed by atoms with Crippen molar-refractivity contribution in [3.05, 3.63) is 29.5 Å². The predicted molar refractivity (Wildman–Crippen MR) is 56.1 cm³/mol. The van der Waals surface area contributed by atoms with Crippen LogP contribution in [-0.4, -0.2) is 11.7 Å². The van der Waals surface area contributed by atoms with Crippen LogP contribution in [-0.2, 0) is 12.8 Å². The lowest BCUT2D eigenvalue weighted by molar-refractivity contribution is 0.447. The van der Waals surface area contributed by atoms with Crippen molar-refractivity contribution < 1.29 is 4.52 Å². The normalized spacial score (nSPS) is 11.0. The van der Waals surface area contributed by atoms with Crippen molar-refractivity contribution >= 4 is 11.0 Å². The molecule has 2 aromatic rings. The molecule has 0 saturated heterocycles. The van der Waals surface area contributed by atoms with Crippen LogP contribution in [0.4, 0.5) is 0 Å². The van der Waals surface area contributed by atoms with Crippen LogP contribution in [0.15, 0.2) is 22.7 Å². The molecule has 0 aliphatic rings. The molecule has 3 nitrogen and oxygen atoms in total. The van der Waals surface area contributed by atoms with Crippen LogP contribution < -0.4 is 5.73 Å². The van der Waals surface area contributed by atoms with Crippen molar-refractivity contribution in [3.8, 4) is 0 Å². The second-order valence-corrected chi connectivity index (χ2v) is 3.35. The molecule has 14 heavy (non-hydrogen) atoms. The zero-order valence-corrected chi connectivity index (χ0v) is 8.29. The molecule has 0 amide bonds. The highest BCUT2D eigenvalue weighted by Crippen LogP contribution is 2.20. The molecule has 2 rings (SSSR count). The molecule has 0 aliphatic carbocycles. The van der Waals surface area contributed by atoms with Gasteiger partial charge in [0, 0.05) is 5.39 Å². The first kappa shape index (κ1) is 9.21. The summed E-state index contributed by atoms with van der Waals surface area (Å²) in [4.78, 5) is 0. The number of aryl methyl sites for hydroxylation is 1. The van der Waals surface area contributed by atoms with Crippen molar-refractivity contribution in [2.45, 2.75) is 19.8 Å². The van der Waals surface area contributed by atoms with Crippen molar-refractivity contribution in [2.75, 3.05) is 6.54 Å². The Labute approximate surface area is 82.9 Å². The number of benzene rings is 1. The Bertz CT molecular complexity index is 434. The van der Waals surface area contributed by atoms with Crippen molar-refractivity contribution in [2.24, 2.45) is 5.73 Å². The minimum absolute atomic E-state index is 0.667. The SMILES string of the molecule is CCc1noc2cc(CCN)ccc12. The molecular formula is C11H14N2O. The zero-order valence-electron chi connectivity index (χ0n) is 8.29. The summed E-state index contributed by atoms with van der Waals surface area (Å²) >= 11 is 0. The van der Waals surface area contributed by atoms with E-state index in [2.05, 4.69) is 24.2 Å². The third-order valence-electron chi connectivity index (χ3n) is 2.38. The monoisotopic (exact) mass is 190 g/mol. The summed E-state index contributed by atoms with van der Waals surface area (Å²) in [5.74, 6) is 0. The van der Waals surface area contributed by atoms with Crippen LogP contribution in [0.5, 0.6) is 0 Å². The van der Waals surface area contributed by atoms with Gasteiger partial charge in [-0.1, -0.05) is 18.1 Å². The topological polar surface area (TPSA) is 52.0 Å². The van der Waals surface area contributed by atoms with Crippen molar-refractivity contribution in [3.63, 3.8) is 0 Å². The molecule has 1 heterocycles. The summed E-state index contributed by atoms with van der Waals surface area (Å²) < 4.78 is 5.24. The molecule has 0 bridgehead atoms. The fourth-order valence-corrected chi connectivity index (χ4v) is 1.61. The fraction of sp³-hybridized carbons (Fsp3) is 0.364. The van der Waals surface area contributed by atoms with Gasteiger partial charge in [0.1, 0.15) is 0 Å². The Morgan fingerprint density at radius 1 is 1.43 bits per heavy atom. The van der Waals surface area contributed by atoms with E-state index in [1.165, 1.54) is 5.56 Å². The molecule has 0 radical (unpaired) electrons. The summed E-state index contributed by atoms with van der Waals surface area (Å²) in [5, 5.41) is 5.13. The van der Waals surface area contributed by atoms with Crippen LogP contribution in [0.25, 0.3) is 11.0 Å². The Morgan fingerprint density at radius 3 is 3.00 bits per heavy atom. The molecule has 0 unspecified atom stereocenters. The summed E-state index contributed by atoms with van der Waals surface area (Å²) in [7, 11) is 0. The number of nitrogens with zero attached hydrogens (tertiary/aromatic N) is 1. The van der Waals surface area contributed by atoms with Gasteiger partial charge in [0.2, 0.25) is 0 Å². The van der Waals surface area contributed by atoms with Gasteiger partial charge in [0.25, 0.3) is 0 Å². The van der Waals surface area contributed by atoms with E-state index in [1.54, 1.807) is 0 Å². The van der Waals surface area contributed by atoms with E-state index in [4.69, 9.17) is 10.3 Å². The quantitative estimate of drug-likeness (QED) is 0.804. The van der Waals surface area contributed by atoms with Crippen LogP contribution >= 0.6 is 0 Å². The molecular weight excluding hydrogens is 176 g/mol. The van der Waals surface area contributed by atoms with E-state index >= 15 is 0 Å². The van der Waals surface area contributed by atoms with E-state index in [-0.39, 0.29) is 0 Å². The molecule has 0 spiro atoms. The van der Waals surface area contributed by atoms with Gasteiger partial charge in [0.05, 0.1) is 5.69 Å². The van der Waals surface area contributed by atoms with E-state index < -0.39 is 0 Å². The van der Waals surface area contributed by atoms with Gasteiger partial charge in [-0.05, 0) is 37.1 Å². The standard InChI is InChI=1S/C11H14N2O/c1-2-10-9-4-3-8(5-6-12)7-11(9)14-13-10/h3-4,7H,2,5-6,12H2,1H3. The lowest BCUT2D eigenvalue weighted by atomic mass is 10.1. The Hall–Kier alpha value is -1.35.